The maximum Gasteiger partial charge on any atom is 0.168 e. The summed E-state index contributed by atoms with van der Waals surface area (Å²) < 4.78 is 5.95. The maximum absolute atomic E-state index is 8.66. The Morgan fingerprint density at radius 2 is 2.00 bits per heavy atom. The molecule has 0 radical (unpaired) electrons. The van der Waals surface area contributed by atoms with E-state index in [-0.39, 0.29) is 0 Å². The van der Waals surface area contributed by atoms with Gasteiger partial charge in [0.25, 0.3) is 0 Å². The van der Waals surface area contributed by atoms with Crippen molar-refractivity contribution in [1.29, 1.82) is 5.26 Å². The van der Waals surface area contributed by atoms with Crippen LogP contribution in [0.2, 0.25) is 0 Å². The lowest BCUT2D eigenvalue weighted by Gasteiger charge is -2.05. The van der Waals surface area contributed by atoms with Crippen molar-refractivity contribution in [3.8, 4) is 6.07 Å². The molecule has 0 heterocycles. The second kappa shape index (κ2) is 4.24. The lowest BCUT2D eigenvalue weighted by atomic mass is 10.1. The molecule has 0 aliphatic rings. The summed E-state index contributed by atoms with van der Waals surface area (Å²) in [5.74, 6) is 0. The molecule has 0 N–H and O–H groups in total. The number of benzene rings is 1. The van der Waals surface area contributed by atoms with Gasteiger partial charge in [0, 0.05) is 11.6 Å². The van der Waals surface area contributed by atoms with Crippen LogP contribution in [0, 0.1) is 11.3 Å². The zero-order chi connectivity index (χ0) is 8.97. The lowest BCUT2D eigenvalue weighted by molar-refractivity contribution is 0.148. The standard InChI is InChI=1S/C9H8BrNO/c1-12-9(6-11)7-2-4-8(10)5-3-7/h2-5,9H,1H3. The Morgan fingerprint density at radius 1 is 1.42 bits per heavy atom. The molecule has 1 atom stereocenters. The fourth-order valence-electron chi connectivity index (χ4n) is 0.901. The first-order valence-corrected chi connectivity index (χ1v) is 4.25. The smallest absolute Gasteiger partial charge is 0.168 e. The number of nitrogens with zero attached hydrogens (tertiary/aromatic N) is 1. The third kappa shape index (κ3) is 2.07. The quantitative estimate of drug-likeness (QED) is 0.776. The van der Waals surface area contributed by atoms with Gasteiger partial charge in [-0.05, 0) is 17.7 Å². The van der Waals surface area contributed by atoms with E-state index >= 15 is 0 Å². The first-order valence-electron chi connectivity index (χ1n) is 3.46. The molecule has 2 nitrogen and oxygen atoms in total. The zero-order valence-electron chi connectivity index (χ0n) is 6.62. The minimum absolute atomic E-state index is 0.460. The molecule has 0 aliphatic carbocycles. The monoisotopic (exact) mass is 225 g/mol. The van der Waals surface area contributed by atoms with E-state index in [9.17, 15) is 0 Å². The fourth-order valence-corrected chi connectivity index (χ4v) is 1.17. The molecule has 1 aromatic carbocycles. The van der Waals surface area contributed by atoms with Crippen molar-refractivity contribution in [3.63, 3.8) is 0 Å². The van der Waals surface area contributed by atoms with E-state index < -0.39 is 6.10 Å². The van der Waals surface area contributed by atoms with Crippen LogP contribution in [0.1, 0.15) is 11.7 Å². The normalized spacial score (nSPS) is 12.1. The third-order valence-electron chi connectivity index (χ3n) is 1.53. The van der Waals surface area contributed by atoms with Gasteiger partial charge in [0.15, 0.2) is 6.10 Å². The highest BCUT2D eigenvalue weighted by Gasteiger charge is 2.06. The van der Waals surface area contributed by atoms with Crippen LogP contribution in [0.15, 0.2) is 28.7 Å². The number of hydrogen-bond acceptors (Lipinski definition) is 2. The average Bonchev–Trinajstić information content (AvgIpc) is 2.10. The Hall–Kier alpha value is -0.850. The molecule has 1 aromatic rings. The van der Waals surface area contributed by atoms with Gasteiger partial charge in [-0.3, -0.25) is 0 Å². The molecule has 0 fully saturated rings. The Kier molecular flexibility index (Phi) is 3.27. The molecule has 0 bridgehead atoms. The minimum Gasteiger partial charge on any atom is -0.362 e. The summed E-state index contributed by atoms with van der Waals surface area (Å²) in [6.07, 6.45) is -0.460. The van der Waals surface area contributed by atoms with Crippen molar-refractivity contribution in [3.05, 3.63) is 34.3 Å². The summed E-state index contributed by atoms with van der Waals surface area (Å²) in [4.78, 5) is 0. The van der Waals surface area contributed by atoms with Crippen LogP contribution in [-0.2, 0) is 4.74 Å². The number of ether oxygens (including phenoxy) is 1. The summed E-state index contributed by atoms with van der Waals surface area (Å²) in [5.41, 5.74) is 0.878. The Morgan fingerprint density at radius 3 is 2.42 bits per heavy atom. The van der Waals surface area contributed by atoms with Crippen LogP contribution in [-0.4, -0.2) is 7.11 Å². The molecular formula is C9H8BrNO. The highest BCUT2D eigenvalue weighted by atomic mass is 79.9. The first kappa shape index (κ1) is 9.24. The SMILES string of the molecule is COC(C#N)c1ccc(Br)cc1. The highest BCUT2D eigenvalue weighted by molar-refractivity contribution is 9.10. The van der Waals surface area contributed by atoms with Gasteiger partial charge in [0.1, 0.15) is 0 Å². The molecule has 3 heteroatoms. The van der Waals surface area contributed by atoms with Gasteiger partial charge in [0.2, 0.25) is 0 Å². The number of nitriles is 1. The molecule has 0 spiro atoms. The molecule has 0 amide bonds. The van der Waals surface area contributed by atoms with Crippen LogP contribution in [0.4, 0.5) is 0 Å². The number of rotatable bonds is 2. The molecule has 0 aromatic heterocycles. The van der Waals surface area contributed by atoms with E-state index in [1.165, 1.54) is 7.11 Å². The summed E-state index contributed by atoms with van der Waals surface area (Å²) >= 11 is 3.31. The van der Waals surface area contributed by atoms with Gasteiger partial charge in [-0.25, -0.2) is 0 Å². The van der Waals surface area contributed by atoms with Gasteiger partial charge in [-0.1, -0.05) is 28.1 Å². The van der Waals surface area contributed by atoms with Crippen LogP contribution < -0.4 is 0 Å². The molecule has 0 saturated carbocycles. The van der Waals surface area contributed by atoms with Gasteiger partial charge in [0.05, 0.1) is 6.07 Å². The largest absolute Gasteiger partial charge is 0.362 e. The van der Waals surface area contributed by atoms with E-state index in [1.54, 1.807) is 0 Å². The number of methoxy groups -OCH3 is 1. The van der Waals surface area contributed by atoms with Crippen molar-refractivity contribution in [1.82, 2.24) is 0 Å². The van der Waals surface area contributed by atoms with Crippen LogP contribution >= 0.6 is 15.9 Å². The van der Waals surface area contributed by atoms with E-state index in [0.29, 0.717) is 0 Å². The maximum atomic E-state index is 8.66. The fraction of sp³-hybridized carbons (Fsp3) is 0.222. The predicted molar refractivity (Wildman–Crippen MR) is 49.5 cm³/mol. The van der Waals surface area contributed by atoms with E-state index in [2.05, 4.69) is 15.9 Å². The van der Waals surface area contributed by atoms with Crippen LogP contribution in [0.5, 0.6) is 0 Å². The molecule has 1 unspecified atom stereocenters. The van der Waals surface area contributed by atoms with Crippen molar-refractivity contribution < 1.29 is 4.74 Å². The summed E-state index contributed by atoms with van der Waals surface area (Å²) in [6.45, 7) is 0. The Bertz CT molecular complexity index is 288. The summed E-state index contributed by atoms with van der Waals surface area (Å²) in [6, 6.07) is 9.55. The molecule has 0 saturated heterocycles. The van der Waals surface area contributed by atoms with E-state index in [0.717, 1.165) is 10.0 Å². The van der Waals surface area contributed by atoms with Crippen molar-refractivity contribution in [2.24, 2.45) is 0 Å². The van der Waals surface area contributed by atoms with Gasteiger partial charge >= 0.3 is 0 Å². The second-order valence-corrected chi connectivity index (χ2v) is 3.21. The van der Waals surface area contributed by atoms with Gasteiger partial charge in [-0.2, -0.15) is 5.26 Å². The molecule has 0 aliphatic heterocycles. The molecule has 62 valence electrons. The van der Waals surface area contributed by atoms with Crippen LogP contribution in [0.3, 0.4) is 0 Å². The van der Waals surface area contributed by atoms with Gasteiger partial charge in [-0.15, -0.1) is 0 Å². The summed E-state index contributed by atoms with van der Waals surface area (Å²) in [7, 11) is 1.52. The first-order chi connectivity index (χ1) is 5.77. The Balaban J connectivity index is 2.89. The molecular weight excluding hydrogens is 218 g/mol. The number of hydrogen-bond donors (Lipinski definition) is 0. The topological polar surface area (TPSA) is 33.0 Å². The number of halogens is 1. The lowest BCUT2D eigenvalue weighted by Crippen LogP contribution is -1.96. The zero-order valence-corrected chi connectivity index (χ0v) is 8.21. The van der Waals surface area contributed by atoms with Crippen molar-refractivity contribution >= 4 is 15.9 Å². The van der Waals surface area contributed by atoms with Gasteiger partial charge < -0.3 is 4.74 Å². The van der Waals surface area contributed by atoms with Crippen LogP contribution in [0.25, 0.3) is 0 Å². The van der Waals surface area contributed by atoms with Crippen molar-refractivity contribution in [2.75, 3.05) is 7.11 Å². The van der Waals surface area contributed by atoms with E-state index in [4.69, 9.17) is 10.00 Å². The third-order valence-corrected chi connectivity index (χ3v) is 2.05. The average molecular weight is 226 g/mol. The highest BCUT2D eigenvalue weighted by Crippen LogP contribution is 2.18. The molecule has 12 heavy (non-hydrogen) atoms. The second-order valence-electron chi connectivity index (χ2n) is 2.30. The molecule has 1 rings (SSSR count). The predicted octanol–water partition coefficient (Wildman–Crippen LogP) is 2.66. The minimum atomic E-state index is -0.460. The summed E-state index contributed by atoms with van der Waals surface area (Å²) in [5, 5.41) is 8.66. The Labute approximate surface area is 79.9 Å². The van der Waals surface area contributed by atoms with Crippen molar-refractivity contribution in [2.45, 2.75) is 6.10 Å². The van der Waals surface area contributed by atoms with E-state index in [1.807, 2.05) is 30.3 Å².